The first kappa shape index (κ1) is 20.7. The van der Waals surface area contributed by atoms with Crippen molar-refractivity contribution in [2.24, 2.45) is 29.6 Å². The first-order valence-electron chi connectivity index (χ1n) is 11.8. The summed E-state index contributed by atoms with van der Waals surface area (Å²) in [4.78, 5) is 45.3. The van der Waals surface area contributed by atoms with E-state index in [9.17, 15) is 14.4 Å². The number of hydrogen-bond donors (Lipinski definition) is 1. The number of fused-ring (bicyclic) bond motifs is 9. The molecule has 3 aromatic rings. The number of carbonyl (C=O) groups excluding carboxylic acids is 2. The van der Waals surface area contributed by atoms with Crippen LogP contribution in [0, 0.1) is 43.4 Å². The third-order valence-electron chi connectivity index (χ3n) is 8.45. The maximum absolute atomic E-state index is 13.7. The normalized spacial score (nSPS) is 33.2. The molecule has 2 amide bonds. The lowest BCUT2D eigenvalue weighted by Gasteiger charge is -2.43. The van der Waals surface area contributed by atoms with Crippen molar-refractivity contribution >= 4 is 40.6 Å². The first-order valence-corrected chi connectivity index (χ1v) is 13.5. The molecule has 7 atom stereocenters. The van der Waals surface area contributed by atoms with Gasteiger partial charge in [-0.1, -0.05) is 58.9 Å². The van der Waals surface area contributed by atoms with Crippen molar-refractivity contribution in [2.45, 2.75) is 36.5 Å². The molecule has 2 saturated carbocycles. The summed E-state index contributed by atoms with van der Waals surface area (Å²) in [5, 5.41) is 1.18. The second-order valence-corrected chi connectivity index (χ2v) is 12.4. The van der Waals surface area contributed by atoms with Gasteiger partial charge in [-0.3, -0.25) is 19.3 Å². The number of aromatic amines is 1. The minimum absolute atomic E-state index is 0.0279. The maximum Gasteiger partial charge on any atom is 0.305 e. The Balaban J connectivity index is 1.32. The van der Waals surface area contributed by atoms with Crippen molar-refractivity contribution in [1.29, 1.82) is 0 Å². The highest BCUT2D eigenvalue weighted by atomic mass is 32.2. The molecule has 1 saturated heterocycles. The van der Waals surface area contributed by atoms with Crippen LogP contribution >= 0.6 is 23.1 Å². The summed E-state index contributed by atoms with van der Waals surface area (Å²) in [5.41, 5.74) is 4.19. The van der Waals surface area contributed by atoms with Crippen LogP contribution in [0.1, 0.15) is 33.9 Å². The molecule has 7 heteroatoms. The zero-order chi connectivity index (χ0) is 23.3. The Hall–Kier alpha value is -2.64. The number of amides is 2. The Kier molecular flexibility index (Phi) is 4.38. The lowest BCUT2D eigenvalue weighted by Crippen LogP contribution is -2.42. The van der Waals surface area contributed by atoms with Crippen LogP contribution in [-0.2, 0) is 9.59 Å². The number of nitrogens with zero attached hydrogens (tertiary/aromatic N) is 1. The van der Waals surface area contributed by atoms with Gasteiger partial charge in [0.05, 0.1) is 22.5 Å². The standard InChI is InChI=1S/C27H24N2O3S2/c1-12-3-7-14(8-4-12)18-19-16-11-17(22(19)33-24-23(18)34-27(32)28-24)21-20(16)25(30)29(26(21)31)15-9-5-13(2)6-10-15/h3-10,16-22H,11H2,1-2H3,(H,28,32)/t16-,17-,18-,19-,20+,21-,22-/m1/s1. The van der Waals surface area contributed by atoms with Gasteiger partial charge >= 0.3 is 4.87 Å². The summed E-state index contributed by atoms with van der Waals surface area (Å²) in [6.45, 7) is 4.08. The molecule has 2 aliphatic heterocycles. The molecular formula is C27H24N2O3S2. The van der Waals surface area contributed by atoms with E-state index in [0.717, 1.165) is 21.9 Å². The highest BCUT2D eigenvalue weighted by Gasteiger charge is 2.69. The van der Waals surface area contributed by atoms with E-state index >= 15 is 0 Å². The van der Waals surface area contributed by atoms with Crippen LogP contribution in [0.2, 0.25) is 0 Å². The van der Waals surface area contributed by atoms with Crippen LogP contribution in [0.4, 0.5) is 5.69 Å². The second-order valence-electron chi connectivity index (χ2n) is 10.2. The summed E-state index contributed by atoms with van der Waals surface area (Å²) in [6.07, 6.45) is 0.915. The number of thiazole rings is 1. The Labute approximate surface area is 205 Å². The fraction of sp³-hybridized carbons (Fsp3) is 0.370. The van der Waals surface area contributed by atoms with E-state index in [2.05, 4.69) is 36.2 Å². The van der Waals surface area contributed by atoms with Gasteiger partial charge in [-0.25, -0.2) is 0 Å². The maximum atomic E-state index is 13.7. The van der Waals surface area contributed by atoms with Gasteiger partial charge in [0.15, 0.2) is 0 Å². The van der Waals surface area contributed by atoms with Crippen LogP contribution in [0.5, 0.6) is 0 Å². The fourth-order valence-electron chi connectivity index (χ4n) is 7.11. The molecule has 1 aromatic heterocycles. The second kappa shape index (κ2) is 7.18. The number of thioether (sulfide) groups is 1. The predicted octanol–water partition coefficient (Wildman–Crippen LogP) is 4.73. The third kappa shape index (κ3) is 2.71. The van der Waals surface area contributed by atoms with Crippen LogP contribution in [0.15, 0.2) is 58.4 Å². The molecule has 0 spiro atoms. The van der Waals surface area contributed by atoms with Crippen LogP contribution < -0.4 is 9.77 Å². The van der Waals surface area contributed by atoms with E-state index in [1.54, 1.807) is 11.8 Å². The van der Waals surface area contributed by atoms with Crippen molar-refractivity contribution in [3.63, 3.8) is 0 Å². The topological polar surface area (TPSA) is 70.2 Å². The molecule has 0 unspecified atom stereocenters. The molecule has 172 valence electrons. The average molecular weight is 489 g/mol. The van der Waals surface area contributed by atoms with E-state index in [4.69, 9.17) is 0 Å². The SMILES string of the molecule is Cc1ccc([C@H]2c3sc(=O)[nH]c3S[C@@H]3[C@@H]4C[C@@H]([C@@H]5C(=O)N(c6ccc(C)cc6)C(=O)[C@H]45)[C@H]23)cc1. The number of anilines is 1. The molecule has 5 nitrogen and oxygen atoms in total. The highest BCUT2D eigenvalue weighted by Crippen LogP contribution is 2.68. The molecule has 0 radical (unpaired) electrons. The van der Waals surface area contributed by atoms with E-state index < -0.39 is 0 Å². The molecular weight excluding hydrogens is 464 g/mol. The molecule has 2 aliphatic carbocycles. The monoisotopic (exact) mass is 488 g/mol. The largest absolute Gasteiger partial charge is 0.307 e. The minimum Gasteiger partial charge on any atom is -0.307 e. The lowest BCUT2D eigenvalue weighted by molar-refractivity contribution is -0.123. The predicted molar refractivity (Wildman–Crippen MR) is 133 cm³/mol. The Morgan fingerprint density at radius 1 is 0.853 bits per heavy atom. The summed E-state index contributed by atoms with van der Waals surface area (Å²) >= 11 is 3.04. The summed E-state index contributed by atoms with van der Waals surface area (Å²) in [6, 6.07) is 16.3. The molecule has 34 heavy (non-hydrogen) atoms. The van der Waals surface area contributed by atoms with Crippen LogP contribution in [0.3, 0.4) is 0 Å². The molecule has 2 aromatic carbocycles. The number of aryl methyl sites for hydroxylation is 2. The van der Waals surface area contributed by atoms with Gasteiger partial charge in [-0.15, -0.1) is 11.8 Å². The van der Waals surface area contributed by atoms with Gasteiger partial charge < -0.3 is 4.98 Å². The van der Waals surface area contributed by atoms with Crippen LogP contribution in [0.25, 0.3) is 0 Å². The zero-order valence-electron chi connectivity index (χ0n) is 18.9. The Morgan fingerprint density at radius 3 is 2.15 bits per heavy atom. The fourth-order valence-corrected chi connectivity index (χ4v) is 10.0. The number of rotatable bonds is 2. The Morgan fingerprint density at radius 2 is 1.47 bits per heavy atom. The number of benzene rings is 2. The molecule has 4 aliphatic rings. The van der Waals surface area contributed by atoms with Gasteiger partial charge in [-0.05, 0) is 55.7 Å². The van der Waals surface area contributed by atoms with Gasteiger partial charge in [0, 0.05) is 16.0 Å². The zero-order valence-corrected chi connectivity index (χ0v) is 20.5. The van der Waals surface area contributed by atoms with Crippen LogP contribution in [-0.4, -0.2) is 22.0 Å². The molecule has 7 rings (SSSR count). The smallest absolute Gasteiger partial charge is 0.305 e. The van der Waals surface area contributed by atoms with Gasteiger partial charge in [0.2, 0.25) is 11.8 Å². The molecule has 3 heterocycles. The quantitative estimate of drug-likeness (QED) is 0.530. The number of carbonyl (C=O) groups is 2. The summed E-state index contributed by atoms with van der Waals surface area (Å²) < 4.78 is 0. The number of aromatic nitrogens is 1. The third-order valence-corrected chi connectivity index (χ3v) is 11.0. The van der Waals surface area contributed by atoms with Gasteiger partial charge in [0.25, 0.3) is 0 Å². The van der Waals surface area contributed by atoms with E-state index in [1.165, 1.54) is 27.4 Å². The molecule has 2 bridgehead atoms. The number of hydrogen-bond acceptors (Lipinski definition) is 5. The van der Waals surface area contributed by atoms with Crippen molar-refractivity contribution in [2.75, 3.05) is 4.90 Å². The van der Waals surface area contributed by atoms with Crippen molar-refractivity contribution in [1.82, 2.24) is 4.98 Å². The molecule has 1 N–H and O–H groups in total. The van der Waals surface area contributed by atoms with E-state index in [0.29, 0.717) is 5.69 Å². The number of nitrogens with one attached hydrogen (secondary N) is 1. The summed E-state index contributed by atoms with van der Waals surface area (Å²) in [7, 11) is 0. The number of H-pyrrole nitrogens is 1. The summed E-state index contributed by atoms with van der Waals surface area (Å²) in [5.74, 6) is 0.0412. The first-order chi connectivity index (χ1) is 16.4. The Bertz CT molecular complexity index is 1390. The number of imide groups is 1. The van der Waals surface area contributed by atoms with Gasteiger partial charge in [-0.2, -0.15) is 0 Å². The van der Waals surface area contributed by atoms with E-state index in [1.807, 2.05) is 31.2 Å². The highest BCUT2D eigenvalue weighted by molar-refractivity contribution is 8.00. The van der Waals surface area contributed by atoms with Gasteiger partial charge in [0.1, 0.15) is 0 Å². The van der Waals surface area contributed by atoms with Crippen molar-refractivity contribution in [3.05, 3.63) is 79.8 Å². The van der Waals surface area contributed by atoms with Crippen molar-refractivity contribution < 1.29 is 9.59 Å². The lowest BCUT2D eigenvalue weighted by atomic mass is 9.68. The van der Waals surface area contributed by atoms with Crippen molar-refractivity contribution in [3.8, 4) is 0 Å². The minimum atomic E-state index is -0.259. The average Bonchev–Trinajstić information content (AvgIpc) is 3.54. The van der Waals surface area contributed by atoms with E-state index in [-0.39, 0.29) is 57.4 Å². The molecule has 3 fully saturated rings.